The van der Waals surface area contributed by atoms with Gasteiger partial charge in [0, 0.05) is 43.6 Å². The number of fused-ring (bicyclic) bond motifs is 8. The van der Waals surface area contributed by atoms with E-state index in [4.69, 9.17) is 23.8 Å². The standard InChI is InChI=1S/C43H25N3O2/c1-3-12-26(13-4-1)41-44-42(27-14-5-2-6-15-27)46-43(45-41)33-19-11-21-37-39(33)35-25-34(29-16-7-8-18-32(29)40(35)48-37)28-22-23-31-30-17-9-10-20-36(30)47-38(31)24-28/h1-25H. The van der Waals surface area contributed by atoms with Gasteiger partial charge in [0.25, 0.3) is 0 Å². The quantitative estimate of drug-likeness (QED) is 0.197. The minimum absolute atomic E-state index is 0.592. The second-order valence-electron chi connectivity index (χ2n) is 12.0. The molecule has 0 bridgehead atoms. The predicted molar refractivity (Wildman–Crippen MR) is 194 cm³/mol. The zero-order valence-corrected chi connectivity index (χ0v) is 25.6. The molecule has 10 aromatic rings. The van der Waals surface area contributed by atoms with Crippen LogP contribution in [0, 0.1) is 0 Å². The fraction of sp³-hybridized carbons (Fsp3) is 0. The third-order valence-corrected chi connectivity index (χ3v) is 9.13. The average Bonchev–Trinajstić information content (AvgIpc) is 3.73. The Morgan fingerprint density at radius 3 is 1.69 bits per heavy atom. The lowest BCUT2D eigenvalue weighted by atomic mass is 9.94. The zero-order valence-electron chi connectivity index (χ0n) is 25.6. The Bertz CT molecular complexity index is 2780. The van der Waals surface area contributed by atoms with Gasteiger partial charge >= 0.3 is 0 Å². The molecule has 0 N–H and O–H groups in total. The van der Waals surface area contributed by atoms with Gasteiger partial charge in [-0.15, -0.1) is 0 Å². The van der Waals surface area contributed by atoms with Gasteiger partial charge in [0.15, 0.2) is 17.5 Å². The lowest BCUT2D eigenvalue weighted by Gasteiger charge is -2.10. The first-order valence-corrected chi connectivity index (χ1v) is 15.9. The summed E-state index contributed by atoms with van der Waals surface area (Å²) in [6, 6.07) is 51.5. The molecule has 0 unspecified atom stereocenters. The number of aromatic nitrogens is 3. The Hall–Kier alpha value is -6.59. The van der Waals surface area contributed by atoms with Crippen molar-refractivity contribution in [1.29, 1.82) is 0 Å². The molecular formula is C43H25N3O2. The molecular weight excluding hydrogens is 590 g/mol. The van der Waals surface area contributed by atoms with Crippen molar-refractivity contribution in [3.8, 4) is 45.3 Å². The van der Waals surface area contributed by atoms with Gasteiger partial charge in [-0.3, -0.25) is 0 Å². The number of benzene rings is 7. The van der Waals surface area contributed by atoms with E-state index in [1.807, 2.05) is 91.0 Å². The summed E-state index contributed by atoms with van der Waals surface area (Å²) < 4.78 is 13.0. The lowest BCUT2D eigenvalue weighted by molar-refractivity contribution is 0.669. The molecule has 48 heavy (non-hydrogen) atoms. The Balaban J connectivity index is 1.25. The Kier molecular flexibility index (Phi) is 5.81. The maximum Gasteiger partial charge on any atom is 0.164 e. The van der Waals surface area contributed by atoms with Crippen LogP contribution in [0.4, 0.5) is 0 Å². The van der Waals surface area contributed by atoms with Gasteiger partial charge in [-0.1, -0.05) is 121 Å². The Labute approximate surface area is 274 Å². The van der Waals surface area contributed by atoms with E-state index in [-0.39, 0.29) is 0 Å². The van der Waals surface area contributed by atoms with Crippen LogP contribution in [0.15, 0.2) is 160 Å². The third kappa shape index (κ3) is 4.15. The van der Waals surface area contributed by atoms with Crippen molar-refractivity contribution in [3.63, 3.8) is 0 Å². The highest BCUT2D eigenvalue weighted by atomic mass is 16.3. The molecule has 3 heterocycles. The summed E-state index contributed by atoms with van der Waals surface area (Å²) in [5.74, 6) is 1.83. The highest BCUT2D eigenvalue weighted by Gasteiger charge is 2.21. The molecule has 5 heteroatoms. The molecule has 0 aliphatic rings. The van der Waals surface area contributed by atoms with Gasteiger partial charge < -0.3 is 8.83 Å². The van der Waals surface area contributed by atoms with Crippen molar-refractivity contribution in [2.24, 2.45) is 0 Å². The Morgan fingerprint density at radius 2 is 0.938 bits per heavy atom. The minimum Gasteiger partial charge on any atom is -0.456 e. The molecule has 7 aromatic carbocycles. The number of hydrogen-bond acceptors (Lipinski definition) is 5. The van der Waals surface area contributed by atoms with Crippen LogP contribution in [0.25, 0.3) is 99.9 Å². The van der Waals surface area contributed by atoms with Crippen LogP contribution in [0.1, 0.15) is 0 Å². The summed E-state index contributed by atoms with van der Waals surface area (Å²) in [6.45, 7) is 0. The van der Waals surface area contributed by atoms with Crippen LogP contribution in [0.2, 0.25) is 0 Å². The summed E-state index contributed by atoms with van der Waals surface area (Å²) in [6.07, 6.45) is 0. The second-order valence-corrected chi connectivity index (χ2v) is 12.0. The van der Waals surface area contributed by atoms with Crippen molar-refractivity contribution in [3.05, 3.63) is 152 Å². The van der Waals surface area contributed by atoms with E-state index in [2.05, 4.69) is 60.7 Å². The molecule has 0 saturated carbocycles. The second kappa shape index (κ2) is 10.5. The maximum atomic E-state index is 6.67. The van der Waals surface area contributed by atoms with Crippen LogP contribution in [-0.4, -0.2) is 15.0 Å². The summed E-state index contributed by atoms with van der Waals surface area (Å²) in [5.41, 5.74) is 8.28. The summed E-state index contributed by atoms with van der Waals surface area (Å²) >= 11 is 0. The molecule has 0 radical (unpaired) electrons. The van der Waals surface area contributed by atoms with Gasteiger partial charge in [-0.25, -0.2) is 15.0 Å². The SMILES string of the molecule is c1ccc(-c2nc(-c3ccccc3)nc(-c3cccc4oc5c6ccccc6c(-c6ccc7c(c6)oc6ccccc67)cc5c34)n2)cc1. The fourth-order valence-corrected chi connectivity index (χ4v) is 6.90. The molecule has 0 amide bonds. The minimum atomic E-state index is 0.592. The van der Waals surface area contributed by atoms with E-state index < -0.39 is 0 Å². The molecule has 0 atom stereocenters. The number of furan rings is 2. The van der Waals surface area contributed by atoms with E-state index in [1.54, 1.807) is 0 Å². The number of rotatable bonds is 4. The third-order valence-electron chi connectivity index (χ3n) is 9.13. The van der Waals surface area contributed by atoms with Gasteiger partial charge in [0.2, 0.25) is 0 Å². The van der Waals surface area contributed by atoms with Crippen molar-refractivity contribution < 1.29 is 8.83 Å². The first kappa shape index (κ1) is 26.6. The van der Waals surface area contributed by atoms with E-state index in [1.165, 1.54) is 0 Å². The summed E-state index contributed by atoms with van der Waals surface area (Å²) in [7, 11) is 0. The largest absolute Gasteiger partial charge is 0.456 e. The van der Waals surface area contributed by atoms with Crippen LogP contribution in [0.3, 0.4) is 0 Å². The molecule has 10 rings (SSSR count). The molecule has 0 spiro atoms. The van der Waals surface area contributed by atoms with Crippen molar-refractivity contribution in [1.82, 2.24) is 15.0 Å². The van der Waals surface area contributed by atoms with Crippen LogP contribution >= 0.6 is 0 Å². The first-order valence-electron chi connectivity index (χ1n) is 15.9. The molecule has 0 aliphatic carbocycles. The molecule has 0 fully saturated rings. The van der Waals surface area contributed by atoms with Crippen molar-refractivity contribution >= 4 is 54.6 Å². The average molecular weight is 616 g/mol. The normalized spacial score (nSPS) is 11.8. The summed E-state index contributed by atoms with van der Waals surface area (Å²) in [4.78, 5) is 15.0. The number of hydrogen-bond donors (Lipinski definition) is 0. The molecule has 0 aliphatic heterocycles. The number of nitrogens with zero attached hydrogens (tertiary/aromatic N) is 3. The van der Waals surface area contributed by atoms with Gasteiger partial charge in [-0.05, 0) is 46.8 Å². The van der Waals surface area contributed by atoms with Crippen molar-refractivity contribution in [2.75, 3.05) is 0 Å². The molecule has 5 nitrogen and oxygen atoms in total. The first-order chi connectivity index (χ1) is 23.8. The highest BCUT2D eigenvalue weighted by Crippen LogP contribution is 2.43. The van der Waals surface area contributed by atoms with Crippen LogP contribution in [-0.2, 0) is 0 Å². The monoisotopic (exact) mass is 615 g/mol. The van der Waals surface area contributed by atoms with E-state index in [0.29, 0.717) is 17.5 Å². The molecule has 0 saturated heterocycles. The molecule has 224 valence electrons. The van der Waals surface area contributed by atoms with Gasteiger partial charge in [-0.2, -0.15) is 0 Å². The lowest BCUT2D eigenvalue weighted by Crippen LogP contribution is -2.00. The Morgan fingerprint density at radius 1 is 0.333 bits per heavy atom. The zero-order chi connectivity index (χ0) is 31.6. The molecule has 3 aromatic heterocycles. The van der Waals surface area contributed by atoms with E-state index in [9.17, 15) is 0 Å². The van der Waals surface area contributed by atoms with E-state index in [0.717, 1.165) is 82.5 Å². The topological polar surface area (TPSA) is 65.0 Å². The van der Waals surface area contributed by atoms with Crippen LogP contribution in [0.5, 0.6) is 0 Å². The maximum absolute atomic E-state index is 6.67. The van der Waals surface area contributed by atoms with Crippen LogP contribution < -0.4 is 0 Å². The van der Waals surface area contributed by atoms with Gasteiger partial charge in [0.05, 0.1) is 0 Å². The van der Waals surface area contributed by atoms with Crippen molar-refractivity contribution in [2.45, 2.75) is 0 Å². The fourth-order valence-electron chi connectivity index (χ4n) is 6.90. The smallest absolute Gasteiger partial charge is 0.164 e. The van der Waals surface area contributed by atoms with E-state index >= 15 is 0 Å². The summed E-state index contributed by atoms with van der Waals surface area (Å²) in [5, 5.41) is 6.35. The highest BCUT2D eigenvalue weighted by molar-refractivity contribution is 6.22. The number of para-hydroxylation sites is 1. The predicted octanol–water partition coefficient (Wildman–Crippen LogP) is 11.5. The van der Waals surface area contributed by atoms with Gasteiger partial charge in [0.1, 0.15) is 22.3 Å².